The van der Waals surface area contributed by atoms with E-state index in [1.54, 1.807) is 12.1 Å². The maximum atomic E-state index is 12.6. The maximum Gasteiger partial charge on any atom is 0.405 e. The molecule has 1 rings (SSSR count). The van der Waals surface area contributed by atoms with E-state index >= 15 is 0 Å². The van der Waals surface area contributed by atoms with Gasteiger partial charge >= 0.3 is 6.18 Å². The lowest BCUT2D eigenvalue weighted by Crippen LogP contribution is -2.35. The van der Waals surface area contributed by atoms with Crippen LogP contribution in [0.2, 0.25) is 0 Å². The Balaban J connectivity index is 3.06. The van der Waals surface area contributed by atoms with Crippen LogP contribution in [-0.2, 0) is 6.42 Å². The summed E-state index contributed by atoms with van der Waals surface area (Å²) < 4.78 is 38.8. The number of hydrogen-bond donors (Lipinski definition) is 1. The van der Waals surface area contributed by atoms with Gasteiger partial charge in [-0.05, 0) is 43.1 Å². The number of halogens is 4. The summed E-state index contributed by atoms with van der Waals surface area (Å²) >= 11 is 3.33. The second kappa shape index (κ2) is 7.14. The summed E-state index contributed by atoms with van der Waals surface area (Å²) in [6, 6.07) is 5.31. The molecule has 0 fully saturated rings. The third-order valence-electron chi connectivity index (χ3n) is 2.66. The van der Waals surface area contributed by atoms with Crippen molar-refractivity contribution < 1.29 is 13.2 Å². The number of rotatable bonds is 6. The van der Waals surface area contributed by atoms with Crippen LogP contribution < -0.4 is 10.6 Å². The highest BCUT2D eigenvalue weighted by Crippen LogP contribution is 2.28. The van der Waals surface area contributed by atoms with Crippen LogP contribution in [-0.4, -0.2) is 25.8 Å². The van der Waals surface area contributed by atoms with Gasteiger partial charge in [-0.15, -0.1) is 0 Å². The van der Waals surface area contributed by atoms with E-state index in [1.807, 2.05) is 13.0 Å². The minimum atomic E-state index is -4.21. The average Bonchev–Trinajstić information content (AvgIpc) is 2.27. The lowest BCUT2D eigenvalue weighted by atomic mass is 10.1. The van der Waals surface area contributed by atoms with Gasteiger partial charge in [0.25, 0.3) is 0 Å². The summed E-state index contributed by atoms with van der Waals surface area (Å²) in [5, 5.41) is 0. The van der Waals surface area contributed by atoms with Crippen molar-refractivity contribution in [3.05, 3.63) is 28.2 Å². The van der Waals surface area contributed by atoms with Crippen molar-refractivity contribution >= 4 is 21.6 Å². The van der Waals surface area contributed by atoms with Gasteiger partial charge in [0.15, 0.2) is 0 Å². The van der Waals surface area contributed by atoms with Gasteiger partial charge in [0.05, 0.1) is 0 Å². The molecule has 0 atom stereocenters. The molecule has 2 nitrogen and oxygen atoms in total. The van der Waals surface area contributed by atoms with Crippen molar-refractivity contribution in [3.8, 4) is 0 Å². The van der Waals surface area contributed by atoms with E-state index in [1.165, 1.54) is 4.90 Å². The number of alkyl halides is 3. The number of nitrogens with zero attached hydrogens (tertiary/aromatic N) is 1. The molecule has 0 unspecified atom stereocenters. The third-order valence-corrected chi connectivity index (χ3v) is 3.15. The molecule has 2 N–H and O–H groups in total. The lowest BCUT2D eigenvalue weighted by Gasteiger charge is -2.28. The van der Waals surface area contributed by atoms with Crippen LogP contribution in [0.5, 0.6) is 0 Å². The van der Waals surface area contributed by atoms with Crippen molar-refractivity contribution in [2.75, 3.05) is 24.5 Å². The van der Waals surface area contributed by atoms with Crippen LogP contribution in [0.1, 0.15) is 18.9 Å². The number of anilines is 1. The molecule has 0 amide bonds. The van der Waals surface area contributed by atoms with Crippen molar-refractivity contribution in [1.29, 1.82) is 0 Å². The van der Waals surface area contributed by atoms with E-state index in [0.29, 0.717) is 31.6 Å². The molecular weight excluding hydrogens is 321 g/mol. The number of nitrogens with two attached hydrogens (primary N) is 1. The second-order valence-corrected chi connectivity index (χ2v) is 5.26. The molecule has 108 valence electrons. The molecule has 0 aromatic heterocycles. The van der Waals surface area contributed by atoms with Crippen LogP contribution in [0.4, 0.5) is 18.9 Å². The summed E-state index contributed by atoms with van der Waals surface area (Å²) in [4.78, 5) is 1.37. The molecule has 1 aromatic carbocycles. The highest BCUT2D eigenvalue weighted by molar-refractivity contribution is 9.10. The van der Waals surface area contributed by atoms with Crippen molar-refractivity contribution in [1.82, 2.24) is 0 Å². The van der Waals surface area contributed by atoms with Crippen LogP contribution in [0.3, 0.4) is 0 Å². The van der Waals surface area contributed by atoms with E-state index in [4.69, 9.17) is 5.73 Å². The Morgan fingerprint density at radius 2 is 2.00 bits per heavy atom. The summed E-state index contributed by atoms with van der Waals surface area (Å²) in [5.41, 5.74) is 6.99. The van der Waals surface area contributed by atoms with E-state index < -0.39 is 12.7 Å². The first-order valence-electron chi connectivity index (χ1n) is 6.17. The van der Waals surface area contributed by atoms with Crippen LogP contribution >= 0.6 is 15.9 Å². The van der Waals surface area contributed by atoms with Gasteiger partial charge in [0.2, 0.25) is 0 Å². The maximum absolute atomic E-state index is 12.6. The molecule has 0 radical (unpaired) electrons. The lowest BCUT2D eigenvalue weighted by molar-refractivity contribution is -0.119. The topological polar surface area (TPSA) is 29.3 Å². The average molecular weight is 339 g/mol. The Morgan fingerprint density at radius 3 is 2.53 bits per heavy atom. The van der Waals surface area contributed by atoms with E-state index in [-0.39, 0.29) is 0 Å². The van der Waals surface area contributed by atoms with Gasteiger partial charge in [-0.3, -0.25) is 0 Å². The highest BCUT2D eigenvalue weighted by atomic mass is 79.9. The quantitative estimate of drug-likeness (QED) is 0.856. The molecule has 19 heavy (non-hydrogen) atoms. The normalized spacial score (nSPS) is 11.7. The van der Waals surface area contributed by atoms with Crippen LogP contribution in [0.15, 0.2) is 22.7 Å². The highest BCUT2D eigenvalue weighted by Gasteiger charge is 2.31. The molecular formula is C13H18BrF3N2. The molecule has 6 heteroatoms. The van der Waals surface area contributed by atoms with Gasteiger partial charge in [0, 0.05) is 16.7 Å². The molecule has 0 saturated carbocycles. The molecule has 0 aliphatic rings. The summed E-state index contributed by atoms with van der Waals surface area (Å²) in [5.74, 6) is 0. The van der Waals surface area contributed by atoms with E-state index in [2.05, 4.69) is 15.9 Å². The Bertz CT molecular complexity index is 407. The summed E-state index contributed by atoms with van der Waals surface area (Å²) in [6.45, 7) is 1.72. The summed E-state index contributed by atoms with van der Waals surface area (Å²) in [6.07, 6.45) is -2.98. The Kier molecular flexibility index (Phi) is 6.13. The zero-order valence-corrected chi connectivity index (χ0v) is 12.4. The number of benzene rings is 1. The zero-order valence-electron chi connectivity index (χ0n) is 10.8. The standard InChI is InChI=1S/C13H18BrF3N2/c1-2-7-19(9-13(15,16)17)12-4-3-11(14)8-10(12)5-6-18/h3-4,8H,2,5-7,9,18H2,1H3. The number of hydrogen-bond acceptors (Lipinski definition) is 2. The van der Waals surface area contributed by atoms with E-state index in [0.717, 1.165) is 10.0 Å². The van der Waals surface area contributed by atoms with E-state index in [9.17, 15) is 13.2 Å². The molecule has 0 aliphatic carbocycles. The fourth-order valence-corrected chi connectivity index (χ4v) is 2.40. The molecule has 1 aromatic rings. The minimum absolute atomic E-state index is 0.374. The predicted octanol–water partition coefficient (Wildman–Crippen LogP) is 3.73. The Labute approximate surface area is 119 Å². The van der Waals surface area contributed by atoms with Crippen molar-refractivity contribution in [2.24, 2.45) is 5.73 Å². The van der Waals surface area contributed by atoms with Crippen molar-refractivity contribution in [2.45, 2.75) is 25.9 Å². The summed E-state index contributed by atoms with van der Waals surface area (Å²) in [7, 11) is 0. The molecule has 0 spiro atoms. The molecule has 0 bridgehead atoms. The molecule has 0 saturated heterocycles. The first-order valence-corrected chi connectivity index (χ1v) is 6.97. The van der Waals surface area contributed by atoms with Crippen LogP contribution in [0.25, 0.3) is 0 Å². The Hall–Kier alpha value is -0.750. The zero-order chi connectivity index (χ0) is 14.5. The fraction of sp³-hybridized carbons (Fsp3) is 0.538. The molecule has 0 aliphatic heterocycles. The van der Waals surface area contributed by atoms with Crippen LogP contribution in [0, 0.1) is 0 Å². The van der Waals surface area contributed by atoms with Gasteiger partial charge < -0.3 is 10.6 Å². The molecule has 0 heterocycles. The van der Waals surface area contributed by atoms with Gasteiger partial charge in [0.1, 0.15) is 6.54 Å². The second-order valence-electron chi connectivity index (χ2n) is 4.35. The van der Waals surface area contributed by atoms with Gasteiger partial charge in [-0.2, -0.15) is 13.2 Å². The first kappa shape index (κ1) is 16.3. The van der Waals surface area contributed by atoms with Gasteiger partial charge in [-0.25, -0.2) is 0 Å². The fourth-order valence-electron chi connectivity index (χ4n) is 1.99. The first-order chi connectivity index (χ1) is 8.87. The predicted molar refractivity (Wildman–Crippen MR) is 75.5 cm³/mol. The third kappa shape index (κ3) is 5.40. The smallest absolute Gasteiger partial charge is 0.362 e. The van der Waals surface area contributed by atoms with Gasteiger partial charge in [-0.1, -0.05) is 22.9 Å². The minimum Gasteiger partial charge on any atom is -0.362 e. The monoisotopic (exact) mass is 338 g/mol. The Morgan fingerprint density at radius 1 is 1.32 bits per heavy atom. The largest absolute Gasteiger partial charge is 0.405 e. The van der Waals surface area contributed by atoms with Crippen molar-refractivity contribution in [3.63, 3.8) is 0 Å². The SMILES string of the molecule is CCCN(CC(F)(F)F)c1ccc(Br)cc1CCN.